The second-order valence-electron chi connectivity index (χ2n) is 20.4. The molecule has 0 fully saturated rings. The Bertz CT molecular complexity index is 3420. The fourth-order valence-corrected chi connectivity index (χ4v) is 13.1. The van der Waals surface area contributed by atoms with E-state index in [0.717, 1.165) is 5.69 Å². The Kier molecular flexibility index (Phi) is 7.76. The van der Waals surface area contributed by atoms with Gasteiger partial charge in [0.05, 0.1) is 11.1 Å². The van der Waals surface area contributed by atoms with Crippen molar-refractivity contribution >= 4 is 17.1 Å². The highest BCUT2D eigenvalue weighted by Gasteiger charge is 2.48. The van der Waals surface area contributed by atoms with Gasteiger partial charge in [-0.05, 0) is 143 Å². The molecule has 0 amide bonds. The van der Waals surface area contributed by atoms with Gasteiger partial charge in [0.1, 0.15) is 0 Å². The predicted molar refractivity (Wildman–Crippen MR) is 271 cm³/mol. The zero-order valence-corrected chi connectivity index (χ0v) is 38.0. The van der Waals surface area contributed by atoms with Crippen LogP contribution in [-0.2, 0) is 21.7 Å². The van der Waals surface area contributed by atoms with Gasteiger partial charge in [0.25, 0.3) is 0 Å². The molecule has 9 aromatic rings. The van der Waals surface area contributed by atoms with Crippen molar-refractivity contribution in [1.29, 1.82) is 0 Å². The average Bonchev–Trinajstić information content (AvgIpc) is 3.93. The number of hydrogen-bond acceptors (Lipinski definition) is 1. The van der Waals surface area contributed by atoms with E-state index in [2.05, 4.69) is 247 Å². The van der Waals surface area contributed by atoms with E-state index in [1.807, 2.05) is 0 Å². The molecular formula is C64H51N. The molecule has 0 aliphatic heterocycles. The van der Waals surface area contributed by atoms with Crippen LogP contribution < -0.4 is 4.90 Å². The Hall–Kier alpha value is -7.22. The number of nitrogens with zero attached hydrogens (tertiary/aromatic N) is 1. The molecule has 4 aliphatic rings. The second kappa shape index (κ2) is 13.2. The minimum absolute atomic E-state index is 0.0850. The van der Waals surface area contributed by atoms with Crippen molar-refractivity contribution in [1.82, 2.24) is 0 Å². The molecule has 0 saturated heterocycles. The third-order valence-corrected chi connectivity index (χ3v) is 16.1. The maximum absolute atomic E-state index is 2.60. The third kappa shape index (κ3) is 4.94. The van der Waals surface area contributed by atoms with Crippen molar-refractivity contribution < 1.29 is 0 Å². The summed E-state index contributed by atoms with van der Waals surface area (Å²) in [6, 6.07) is 76.2. The molecule has 1 heteroatoms. The molecule has 13 rings (SSSR count). The monoisotopic (exact) mass is 833 g/mol. The Labute approximate surface area is 383 Å². The molecule has 65 heavy (non-hydrogen) atoms. The van der Waals surface area contributed by atoms with Gasteiger partial charge in [0.15, 0.2) is 0 Å². The summed E-state index contributed by atoms with van der Waals surface area (Å²) in [7, 11) is 0. The van der Waals surface area contributed by atoms with E-state index in [-0.39, 0.29) is 16.2 Å². The van der Waals surface area contributed by atoms with Gasteiger partial charge in [0.2, 0.25) is 0 Å². The lowest BCUT2D eigenvalue weighted by Crippen LogP contribution is -2.29. The third-order valence-electron chi connectivity index (χ3n) is 16.1. The standard InChI is InChI=1S/C64H51N/c1-61(2)52-28-16-13-24-44(52)47-34-32-42(36-55(47)61)65(59-31-19-27-49-51-39-56-50(38-57(51)63(5,6)60(49)59)46-26-14-17-29-53(46)62(56,3)4)43-33-35-48-45-25-15-18-30-54(45)64(58(48)37-43,40-20-9-7-10-21-40)41-22-11-8-12-23-41/h7-39H,1-6H3. The fourth-order valence-electron chi connectivity index (χ4n) is 13.1. The lowest BCUT2D eigenvalue weighted by molar-refractivity contribution is 0.652. The summed E-state index contributed by atoms with van der Waals surface area (Å²) in [6.45, 7) is 14.5. The summed E-state index contributed by atoms with van der Waals surface area (Å²) in [5.41, 5.74) is 26.7. The fraction of sp³-hybridized carbons (Fsp3) is 0.156. The van der Waals surface area contributed by atoms with E-state index in [1.165, 1.54) is 112 Å². The minimum Gasteiger partial charge on any atom is -0.310 e. The van der Waals surface area contributed by atoms with Crippen LogP contribution in [0.3, 0.4) is 0 Å². The van der Waals surface area contributed by atoms with E-state index in [1.54, 1.807) is 0 Å². The van der Waals surface area contributed by atoms with Crippen LogP contribution in [-0.4, -0.2) is 0 Å². The van der Waals surface area contributed by atoms with Crippen LogP contribution >= 0.6 is 0 Å². The van der Waals surface area contributed by atoms with Crippen molar-refractivity contribution in [3.63, 3.8) is 0 Å². The van der Waals surface area contributed by atoms with Gasteiger partial charge in [-0.3, -0.25) is 0 Å². The van der Waals surface area contributed by atoms with Crippen LogP contribution in [0.15, 0.2) is 200 Å². The average molecular weight is 834 g/mol. The van der Waals surface area contributed by atoms with Crippen LogP contribution in [0.4, 0.5) is 17.1 Å². The van der Waals surface area contributed by atoms with E-state index < -0.39 is 5.41 Å². The maximum Gasteiger partial charge on any atom is 0.0714 e. The highest BCUT2D eigenvalue weighted by molar-refractivity contribution is 5.96. The second-order valence-corrected chi connectivity index (χ2v) is 20.4. The molecule has 4 aliphatic carbocycles. The summed E-state index contributed by atoms with van der Waals surface area (Å²) in [4.78, 5) is 2.60. The van der Waals surface area contributed by atoms with E-state index >= 15 is 0 Å². The molecule has 0 aromatic heterocycles. The molecule has 0 unspecified atom stereocenters. The van der Waals surface area contributed by atoms with Crippen molar-refractivity contribution in [3.8, 4) is 44.5 Å². The zero-order chi connectivity index (χ0) is 44.0. The van der Waals surface area contributed by atoms with Crippen LogP contribution in [0.2, 0.25) is 0 Å². The molecule has 0 heterocycles. The van der Waals surface area contributed by atoms with Crippen molar-refractivity contribution in [2.75, 3.05) is 4.90 Å². The van der Waals surface area contributed by atoms with Gasteiger partial charge >= 0.3 is 0 Å². The van der Waals surface area contributed by atoms with E-state index in [0.29, 0.717) is 0 Å². The normalized spacial score (nSPS) is 16.3. The summed E-state index contributed by atoms with van der Waals surface area (Å²) in [6.07, 6.45) is 0. The molecule has 0 N–H and O–H groups in total. The molecule has 312 valence electrons. The first-order valence-electron chi connectivity index (χ1n) is 23.3. The molecule has 0 atom stereocenters. The molecule has 0 saturated carbocycles. The summed E-state index contributed by atoms with van der Waals surface area (Å²) in [5, 5.41) is 0. The van der Waals surface area contributed by atoms with Crippen LogP contribution in [0.25, 0.3) is 44.5 Å². The van der Waals surface area contributed by atoms with Gasteiger partial charge in [-0.15, -0.1) is 0 Å². The largest absolute Gasteiger partial charge is 0.310 e. The van der Waals surface area contributed by atoms with Gasteiger partial charge in [-0.1, -0.05) is 199 Å². The zero-order valence-electron chi connectivity index (χ0n) is 38.0. The Morgan fingerprint density at radius 1 is 0.277 bits per heavy atom. The lowest BCUT2D eigenvalue weighted by atomic mass is 9.67. The van der Waals surface area contributed by atoms with Crippen molar-refractivity contribution in [2.24, 2.45) is 0 Å². The first-order valence-corrected chi connectivity index (χ1v) is 23.3. The highest BCUT2D eigenvalue weighted by Crippen LogP contribution is 2.61. The van der Waals surface area contributed by atoms with E-state index in [9.17, 15) is 0 Å². The molecule has 9 aromatic carbocycles. The number of rotatable bonds is 5. The van der Waals surface area contributed by atoms with Gasteiger partial charge in [0, 0.05) is 27.6 Å². The first kappa shape index (κ1) is 38.3. The van der Waals surface area contributed by atoms with Gasteiger partial charge in [-0.25, -0.2) is 0 Å². The van der Waals surface area contributed by atoms with Crippen molar-refractivity contribution in [2.45, 2.75) is 63.2 Å². The van der Waals surface area contributed by atoms with Crippen LogP contribution in [0, 0.1) is 0 Å². The molecule has 0 spiro atoms. The van der Waals surface area contributed by atoms with Crippen LogP contribution in [0.1, 0.15) is 97.2 Å². The summed E-state index contributed by atoms with van der Waals surface area (Å²) >= 11 is 0. The smallest absolute Gasteiger partial charge is 0.0714 e. The topological polar surface area (TPSA) is 3.24 Å². The molecule has 1 nitrogen and oxygen atoms in total. The van der Waals surface area contributed by atoms with E-state index in [4.69, 9.17) is 0 Å². The van der Waals surface area contributed by atoms with Crippen LogP contribution in [0.5, 0.6) is 0 Å². The lowest BCUT2D eigenvalue weighted by Gasteiger charge is -2.36. The number of fused-ring (bicyclic) bond motifs is 12. The van der Waals surface area contributed by atoms with Crippen molar-refractivity contribution in [3.05, 3.63) is 256 Å². The van der Waals surface area contributed by atoms with Gasteiger partial charge < -0.3 is 4.90 Å². The SMILES string of the molecule is CC1(C)c2ccccc2-c2ccc(N(c3ccc4c(c3)C(c3ccccc3)(c3ccccc3)c3ccccc3-4)c3cccc4c3C(C)(C)c3cc5c(cc3-4)C(C)(C)c3ccccc3-5)cc21. The number of benzene rings is 9. The Balaban J connectivity index is 1.08. The highest BCUT2D eigenvalue weighted by atomic mass is 15.1. The first-order chi connectivity index (χ1) is 31.5. The Morgan fingerprint density at radius 2 is 0.677 bits per heavy atom. The predicted octanol–water partition coefficient (Wildman–Crippen LogP) is 16.4. The summed E-state index contributed by atoms with van der Waals surface area (Å²) < 4.78 is 0. The Morgan fingerprint density at radius 3 is 1.26 bits per heavy atom. The maximum atomic E-state index is 2.60. The molecule has 0 bridgehead atoms. The number of anilines is 3. The minimum atomic E-state index is -0.518. The molecule has 0 radical (unpaired) electrons. The quantitative estimate of drug-likeness (QED) is 0.167. The van der Waals surface area contributed by atoms with Gasteiger partial charge in [-0.2, -0.15) is 0 Å². The summed E-state index contributed by atoms with van der Waals surface area (Å²) in [5.74, 6) is 0. The molecular weight excluding hydrogens is 783 g/mol. The number of hydrogen-bond donors (Lipinski definition) is 0.